The minimum absolute atomic E-state index is 0.736. The molecule has 2 nitrogen and oxygen atoms in total. The van der Waals surface area contributed by atoms with Gasteiger partial charge in [0, 0.05) is 0 Å². The van der Waals surface area contributed by atoms with Crippen molar-refractivity contribution in [2.45, 2.75) is 6.42 Å². The van der Waals surface area contributed by atoms with Crippen LogP contribution in [-0.2, 0) is 0 Å². The predicted octanol–water partition coefficient (Wildman–Crippen LogP) is 3.86. The maximum Gasteiger partial charge on any atom is 0.0857 e. The fraction of sp³-hybridized carbons (Fsp3) is 0.231. The highest BCUT2D eigenvalue weighted by atomic mass is 15.1. The Bertz CT molecular complexity index is 443. The molecule has 2 aliphatic rings. The average Bonchev–Trinajstić information content (AvgIpc) is 3.06. The van der Waals surface area contributed by atoms with E-state index >= 15 is 0 Å². The smallest absolute Gasteiger partial charge is 0.0857 e. The number of hydrogen-bond acceptors (Lipinski definition) is 2. The first kappa shape index (κ1) is 8.60. The van der Waals surface area contributed by atoms with Crippen molar-refractivity contribution in [1.29, 1.82) is 0 Å². The topological polar surface area (TPSA) is 24.7 Å². The molecular weight excluding hydrogens is 184 g/mol. The lowest BCUT2D eigenvalue weighted by Gasteiger charge is -1.98. The van der Waals surface area contributed by atoms with Gasteiger partial charge in [-0.25, -0.2) is 0 Å². The monoisotopic (exact) mass is 196 g/mol. The van der Waals surface area contributed by atoms with E-state index in [-0.39, 0.29) is 0 Å². The quantitative estimate of drug-likeness (QED) is 0.642. The van der Waals surface area contributed by atoms with E-state index in [1.807, 2.05) is 30.3 Å². The SMILES string of the molecule is C1=CC2CC2C=C1N=Nc1ccccc1. The predicted molar refractivity (Wildman–Crippen MR) is 59.8 cm³/mol. The van der Waals surface area contributed by atoms with Crippen LogP contribution in [0.3, 0.4) is 0 Å². The van der Waals surface area contributed by atoms with Crippen LogP contribution in [0.1, 0.15) is 6.42 Å². The van der Waals surface area contributed by atoms with E-state index in [9.17, 15) is 0 Å². The van der Waals surface area contributed by atoms with Gasteiger partial charge in [-0.05, 0) is 36.5 Å². The van der Waals surface area contributed by atoms with E-state index in [1.54, 1.807) is 0 Å². The third-order valence-corrected chi connectivity index (χ3v) is 2.83. The van der Waals surface area contributed by atoms with Gasteiger partial charge in [-0.15, -0.1) is 0 Å². The van der Waals surface area contributed by atoms with E-state index in [0.29, 0.717) is 0 Å². The summed E-state index contributed by atoms with van der Waals surface area (Å²) in [6, 6.07) is 9.83. The fourth-order valence-corrected chi connectivity index (χ4v) is 1.82. The summed E-state index contributed by atoms with van der Waals surface area (Å²) >= 11 is 0. The zero-order valence-corrected chi connectivity index (χ0v) is 8.38. The first-order valence-electron chi connectivity index (χ1n) is 5.29. The molecule has 0 heterocycles. The molecule has 1 saturated carbocycles. The molecule has 3 rings (SSSR count). The van der Waals surface area contributed by atoms with Gasteiger partial charge in [0.05, 0.1) is 11.4 Å². The molecule has 0 bridgehead atoms. The Balaban J connectivity index is 1.75. The summed E-state index contributed by atoms with van der Waals surface area (Å²) in [5, 5.41) is 8.42. The fourth-order valence-electron chi connectivity index (χ4n) is 1.82. The Morgan fingerprint density at radius 2 is 1.87 bits per heavy atom. The van der Waals surface area contributed by atoms with Crippen molar-refractivity contribution in [3.63, 3.8) is 0 Å². The van der Waals surface area contributed by atoms with E-state index in [0.717, 1.165) is 23.2 Å². The summed E-state index contributed by atoms with van der Waals surface area (Å²) in [5.41, 5.74) is 1.90. The number of rotatable bonds is 2. The molecule has 74 valence electrons. The normalized spacial score (nSPS) is 27.6. The average molecular weight is 196 g/mol. The minimum atomic E-state index is 0.736. The lowest BCUT2D eigenvalue weighted by Crippen LogP contribution is -1.83. The van der Waals surface area contributed by atoms with Crippen molar-refractivity contribution in [2.75, 3.05) is 0 Å². The van der Waals surface area contributed by atoms with Crippen molar-refractivity contribution >= 4 is 5.69 Å². The van der Waals surface area contributed by atoms with Crippen LogP contribution in [0.2, 0.25) is 0 Å². The second kappa shape index (κ2) is 3.46. The highest BCUT2D eigenvalue weighted by molar-refractivity contribution is 5.36. The molecule has 1 aromatic rings. The van der Waals surface area contributed by atoms with Gasteiger partial charge >= 0.3 is 0 Å². The summed E-state index contributed by atoms with van der Waals surface area (Å²) < 4.78 is 0. The standard InChI is InChI=1S/C13H12N2/c1-2-4-12(5-3-1)14-15-13-7-6-10-8-11(10)9-13/h1-7,9-11H,8H2. The number of fused-ring (bicyclic) bond motifs is 1. The molecule has 0 aromatic heterocycles. The van der Waals surface area contributed by atoms with E-state index < -0.39 is 0 Å². The summed E-state index contributed by atoms with van der Waals surface area (Å²) in [4.78, 5) is 0. The largest absolute Gasteiger partial charge is 0.151 e. The zero-order valence-electron chi connectivity index (χ0n) is 8.38. The van der Waals surface area contributed by atoms with Crippen LogP contribution in [0.15, 0.2) is 64.5 Å². The van der Waals surface area contributed by atoms with Gasteiger partial charge in [-0.2, -0.15) is 10.2 Å². The molecule has 0 saturated heterocycles. The Hall–Kier alpha value is -1.70. The molecule has 0 aliphatic heterocycles. The molecule has 2 unspecified atom stereocenters. The van der Waals surface area contributed by atoms with Crippen LogP contribution in [0.25, 0.3) is 0 Å². The molecule has 2 aliphatic carbocycles. The van der Waals surface area contributed by atoms with Crippen LogP contribution in [-0.4, -0.2) is 0 Å². The molecule has 2 heteroatoms. The molecule has 0 spiro atoms. The Labute approximate surface area is 89.0 Å². The van der Waals surface area contributed by atoms with Crippen molar-refractivity contribution in [2.24, 2.45) is 22.1 Å². The lowest BCUT2D eigenvalue weighted by atomic mass is 10.2. The minimum Gasteiger partial charge on any atom is -0.151 e. The lowest BCUT2D eigenvalue weighted by molar-refractivity contribution is 0.948. The Morgan fingerprint density at radius 3 is 2.67 bits per heavy atom. The van der Waals surface area contributed by atoms with Crippen molar-refractivity contribution < 1.29 is 0 Å². The molecule has 0 amide bonds. The first-order chi connectivity index (χ1) is 7.42. The number of hydrogen-bond donors (Lipinski definition) is 0. The van der Waals surface area contributed by atoms with Crippen LogP contribution >= 0.6 is 0 Å². The van der Waals surface area contributed by atoms with E-state index in [1.165, 1.54) is 6.42 Å². The van der Waals surface area contributed by atoms with Crippen LogP contribution in [0, 0.1) is 11.8 Å². The maximum atomic E-state index is 4.23. The van der Waals surface area contributed by atoms with Crippen LogP contribution in [0.4, 0.5) is 5.69 Å². The second-order valence-electron chi connectivity index (χ2n) is 4.05. The summed E-state index contributed by atoms with van der Waals surface area (Å²) in [7, 11) is 0. The molecule has 15 heavy (non-hydrogen) atoms. The number of nitrogens with zero attached hydrogens (tertiary/aromatic N) is 2. The zero-order chi connectivity index (χ0) is 10.1. The maximum absolute atomic E-state index is 4.23. The molecule has 1 fully saturated rings. The second-order valence-corrected chi connectivity index (χ2v) is 4.05. The number of allylic oxidation sites excluding steroid dienone is 3. The molecule has 0 radical (unpaired) electrons. The summed E-state index contributed by atoms with van der Waals surface area (Å²) in [5.74, 6) is 1.53. The molecule has 2 atom stereocenters. The first-order valence-corrected chi connectivity index (χ1v) is 5.29. The van der Waals surface area contributed by atoms with Crippen molar-refractivity contribution in [3.8, 4) is 0 Å². The summed E-state index contributed by atoms with van der Waals surface area (Å²) in [6.07, 6.45) is 7.82. The van der Waals surface area contributed by atoms with Crippen LogP contribution in [0.5, 0.6) is 0 Å². The Morgan fingerprint density at radius 1 is 1.00 bits per heavy atom. The van der Waals surface area contributed by atoms with Gasteiger partial charge in [0.15, 0.2) is 0 Å². The highest BCUT2D eigenvalue weighted by Crippen LogP contribution is 2.44. The van der Waals surface area contributed by atoms with Gasteiger partial charge in [-0.3, -0.25) is 0 Å². The van der Waals surface area contributed by atoms with Crippen molar-refractivity contribution in [1.82, 2.24) is 0 Å². The van der Waals surface area contributed by atoms with Crippen LogP contribution < -0.4 is 0 Å². The number of azo groups is 1. The molecular formula is C13H12N2. The van der Waals surface area contributed by atoms with Gasteiger partial charge in [-0.1, -0.05) is 30.4 Å². The third-order valence-electron chi connectivity index (χ3n) is 2.83. The molecule has 0 N–H and O–H groups in total. The van der Waals surface area contributed by atoms with E-state index in [2.05, 4.69) is 28.5 Å². The Kier molecular flexibility index (Phi) is 1.98. The highest BCUT2D eigenvalue weighted by Gasteiger charge is 2.34. The summed E-state index contributed by atoms with van der Waals surface area (Å²) in [6.45, 7) is 0. The van der Waals surface area contributed by atoms with Gasteiger partial charge in [0.25, 0.3) is 0 Å². The molecule has 1 aromatic carbocycles. The van der Waals surface area contributed by atoms with Crippen molar-refractivity contribution in [3.05, 3.63) is 54.3 Å². The third kappa shape index (κ3) is 1.89. The van der Waals surface area contributed by atoms with Gasteiger partial charge < -0.3 is 0 Å². The van der Waals surface area contributed by atoms with Gasteiger partial charge in [0.2, 0.25) is 0 Å². The number of benzene rings is 1. The van der Waals surface area contributed by atoms with Gasteiger partial charge in [0.1, 0.15) is 0 Å². The van der Waals surface area contributed by atoms with E-state index in [4.69, 9.17) is 0 Å².